The zero-order valence-electron chi connectivity index (χ0n) is 13.8. The Balaban J connectivity index is 1.85. The second-order valence-electron chi connectivity index (χ2n) is 7.04. The van der Waals surface area contributed by atoms with Gasteiger partial charge in [0.1, 0.15) is 0 Å². The maximum absolute atomic E-state index is 13.2. The number of benzene rings is 2. The van der Waals surface area contributed by atoms with Crippen molar-refractivity contribution in [2.75, 3.05) is 19.6 Å². The molecule has 0 bridgehead atoms. The summed E-state index contributed by atoms with van der Waals surface area (Å²) in [6, 6.07) is 14.1. The van der Waals surface area contributed by atoms with Gasteiger partial charge in [-0.2, -0.15) is 0 Å². The number of rotatable bonds is 2. The Hall–Kier alpha value is -2.46. The molecule has 0 spiro atoms. The fourth-order valence-electron chi connectivity index (χ4n) is 3.63. The second-order valence-corrected chi connectivity index (χ2v) is 7.04. The normalized spacial score (nSPS) is 20.8. The van der Waals surface area contributed by atoms with Gasteiger partial charge >= 0.3 is 0 Å². The third kappa shape index (κ3) is 2.34. The molecule has 1 fully saturated rings. The van der Waals surface area contributed by atoms with Crippen molar-refractivity contribution in [1.82, 2.24) is 9.88 Å². The monoisotopic (exact) mass is 319 g/mol. The van der Waals surface area contributed by atoms with Crippen molar-refractivity contribution < 1.29 is 4.79 Å². The minimum absolute atomic E-state index is 0.0236. The van der Waals surface area contributed by atoms with Crippen LogP contribution >= 0.6 is 0 Å². The predicted octanol–water partition coefficient (Wildman–Crippen LogP) is 3.20. The van der Waals surface area contributed by atoms with Gasteiger partial charge in [-0.3, -0.25) is 9.78 Å². The van der Waals surface area contributed by atoms with Crippen LogP contribution in [0.25, 0.3) is 21.7 Å². The first-order valence-electron chi connectivity index (χ1n) is 8.37. The molecule has 2 aromatic carbocycles. The van der Waals surface area contributed by atoms with E-state index in [0.717, 1.165) is 34.6 Å². The molecule has 1 amide bonds. The molecule has 3 aromatic rings. The van der Waals surface area contributed by atoms with E-state index in [2.05, 4.69) is 18.0 Å². The number of nitrogens with zero attached hydrogens (tertiary/aromatic N) is 2. The summed E-state index contributed by atoms with van der Waals surface area (Å²) in [5.41, 5.74) is 7.37. The molecule has 1 unspecified atom stereocenters. The molecule has 2 N–H and O–H groups in total. The third-order valence-electron chi connectivity index (χ3n) is 5.18. The van der Waals surface area contributed by atoms with Crippen molar-refractivity contribution >= 4 is 27.6 Å². The van der Waals surface area contributed by atoms with E-state index in [4.69, 9.17) is 5.73 Å². The average Bonchev–Trinajstić information content (AvgIpc) is 3.03. The first kappa shape index (κ1) is 15.1. The molecule has 0 saturated carbocycles. The Bertz CT molecular complexity index is 936. The summed E-state index contributed by atoms with van der Waals surface area (Å²) in [6.07, 6.45) is 2.70. The lowest BCUT2D eigenvalue weighted by molar-refractivity contribution is 0.0779. The Morgan fingerprint density at radius 3 is 2.83 bits per heavy atom. The van der Waals surface area contributed by atoms with Gasteiger partial charge in [0.25, 0.3) is 5.91 Å². The lowest BCUT2D eigenvalue weighted by atomic mass is 9.90. The molecule has 1 saturated heterocycles. The quantitative estimate of drug-likeness (QED) is 0.738. The fraction of sp³-hybridized carbons (Fsp3) is 0.300. The molecule has 1 atom stereocenters. The van der Waals surface area contributed by atoms with Gasteiger partial charge in [-0.1, -0.05) is 37.3 Å². The molecule has 1 aliphatic rings. The van der Waals surface area contributed by atoms with Crippen molar-refractivity contribution in [3.63, 3.8) is 0 Å². The maximum Gasteiger partial charge on any atom is 0.256 e. The van der Waals surface area contributed by atoms with Gasteiger partial charge < -0.3 is 10.6 Å². The molecule has 0 aliphatic carbocycles. The van der Waals surface area contributed by atoms with Gasteiger partial charge in [-0.05, 0) is 41.3 Å². The van der Waals surface area contributed by atoms with E-state index in [1.54, 1.807) is 6.20 Å². The van der Waals surface area contributed by atoms with E-state index < -0.39 is 0 Å². The minimum atomic E-state index is 0.0236. The zero-order valence-corrected chi connectivity index (χ0v) is 13.8. The van der Waals surface area contributed by atoms with Crippen molar-refractivity contribution in [2.45, 2.75) is 13.3 Å². The highest BCUT2D eigenvalue weighted by Crippen LogP contribution is 2.32. The van der Waals surface area contributed by atoms with E-state index in [-0.39, 0.29) is 11.3 Å². The molecule has 2 heterocycles. The van der Waals surface area contributed by atoms with Gasteiger partial charge in [-0.15, -0.1) is 0 Å². The smallest absolute Gasteiger partial charge is 0.256 e. The molecular formula is C20H21N3O. The molecule has 0 radical (unpaired) electrons. The number of likely N-dealkylation sites (tertiary alicyclic amines) is 1. The molecule has 122 valence electrons. The van der Waals surface area contributed by atoms with E-state index in [1.807, 2.05) is 41.3 Å². The van der Waals surface area contributed by atoms with E-state index in [0.29, 0.717) is 18.7 Å². The lowest BCUT2D eigenvalue weighted by Gasteiger charge is -2.23. The Morgan fingerprint density at radius 1 is 1.25 bits per heavy atom. The van der Waals surface area contributed by atoms with Gasteiger partial charge in [0, 0.05) is 24.7 Å². The number of nitrogens with two attached hydrogens (primary N) is 1. The van der Waals surface area contributed by atoms with E-state index in [9.17, 15) is 4.79 Å². The van der Waals surface area contributed by atoms with Crippen LogP contribution in [0.3, 0.4) is 0 Å². The molecule has 4 heteroatoms. The summed E-state index contributed by atoms with van der Waals surface area (Å²) in [5, 5.41) is 3.23. The van der Waals surface area contributed by atoms with Crippen molar-refractivity contribution in [3.8, 4) is 0 Å². The molecule has 1 aromatic heterocycles. The molecular weight excluding hydrogens is 298 g/mol. The van der Waals surface area contributed by atoms with Crippen molar-refractivity contribution in [2.24, 2.45) is 11.1 Å². The first-order valence-corrected chi connectivity index (χ1v) is 8.37. The van der Waals surface area contributed by atoms with Crippen LogP contribution in [0, 0.1) is 5.41 Å². The third-order valence-corrected chi connectivity index (χ3v) is 5.18. The van der Waals surface area contributed by atoms with E-state index >= 15 is 0 Å². The largest absolute Gasteiger partial charge is 0.338 e. The Kier molecular flexibility index (Phi) is 3.50. The summed E-state index contributed by atoms with van der Waals surface area (Å²) in [6.45, 7) is 4.22. The molecule has 4 rings (SSSR count). The standard InChI is InChI=1S/C20H21N3O/c1-20(12-21)8-10-23(13-20)19(24)17-11-14-5-2-3-6-15(14)16-7-4-9-22-18(16)17/h2-7,9,11H,8,10,12-13,21H2,1H3. The highest BCUT2D eigenvalue weighted by molar-refractivity contribution is 6.15. The maximum atomic E-state index is 13.2. The number of carbonyl (C=O) groups excluding carboxylic acids is 1. The van der Waals surface area contributed by atoms with Crippen LogP contribution in [0.2, 0.25) is 0 Å². The number of aromatic nitrogens is 1. The van der Waals surface area contributed by atoms with Gasteiger partial charge in [-0.25, -0.2) is 0 Å². The van der Waals surface area contributed by atoms with Gasteiger partial charge in [0.2, 0.25) is 0 Å². The lowest BCUT2D eigenvalue weighted by Crippen LogP contribution is -2.34. The Morgan fingerprint density at radius 2 is 2.04 bits per heavy atom. The number of fused-ring (bicyclic) bond motifs is 3. The highest BCUT2D eigenvalue weighted by atomic mass is 16.2. The topological polar surface area (TPSA) is 59.2 Å². The van der Waals surface area contributed by atoms with Gasteiger partial charge in [0.05, 0.1) is 11.1 Å². The number of carbonyl (C=O) groups is 1. The predicted molar refractivity (Wildman–Crippen MR) is 96.9 cm³/mol. The summed E-state index contributed by atoms with van der Waals surface area (Å²) in [5.74, 6) is 0.0571. The average molecular weight is 319 g/mol. The summed E-state index contributed by atoms with van der Waals surface area (Å²) < 4.78 is 0. The highest BCUT2D eigenvalue weighted by Gasteiger charge is 2.35. The van der Waals surface area contributed by atoms with Crippen LogP contribution in [-0.4, -0.2) is 35.4 Å². The van der Waals surface area contributed by atoms with E-state index in [1.165, 1.54) is 0 Å². The summed E-state index contributed by atoms with van der Waals surface area (Å²) in [4.78, 5) is 19.6. The van der Waals surface area contributed by atoms with Crippen LogP contribution in [0.4, 0.5) is 0 Å². The van der Waals surface area contributed by atoms with Crippen molar-refractivity contribution in [1.29, 1.82) is 0 Å². The zero-order chi connectivity index (χ0) is 16.7. The summed E-state index contributed by atoms with van der Waals surface area (Å²) >= 11 is 0. The fourth-order valence-corrected chi connectivity index (χ4v) is 3.63. The van der Waals surface area contributed by atoms with Crippen LogP contribution in [0.5, 0.6) is 0 Å². The Labute approximate surface area is 141 Å². The number of hydrogen-bond donors (Lipinski definition) is 1. The van der Waals surface area contributed by atoms with Crippen LogP contribution < -0.4 is 5.73 Å². The van der Waals surface area contributed by atoms with Crippen molar-refractivity contribution in [3.05, 3.63) is 54.2 Å². The first-order chi connectivity index (χ1) is 11.6. The molecule has 1 aliphatic heterocycles. The second kappa shape index (κ2) is 5.56. The minimum Gasteiger partial charge on any atom is -0.338 e. The molecule has 24 heavy (non-hydrogen) atoms. The number of amides is 1. The number of pyridine rings is 1. The number of hydrogen-bond acceptors (Lipinski definition) is 3. The molecule has 4 nitrogen and oxygen atoms in total. The SMILES string of the molecule is CC1(CN)CCN(C(=O)c2cc3ccccc3c3cccnc23)C1. The van der Waals surface area contributed by atoms with Gasteiger partial charge in [0.15, 0.2) is 0 Å². The van der Waals surface area contributed by atoms with Crippen LogP contribution in [0.1, 0.15) is 23.7 Å². The van der Waals surface area contributed by atoms with Crippen LogP contribution in [0.15, 0.2) is 48.7 Å². The summed E-state index contributed by atoms with van der Waals surface area (Å²) in [7, 11) is 0. The van der Waals surface area contributed by atoms with Crippen LogP contribution in [-0.2, 0) is 0 Å².